The first-order valence-electron chi connectivity index (χ1n) is 7.10. The van der Waals surface area contributed by atoms with E-state index in [4.69, 9.17) is 9.84 Å². The highest BCUT2D eigenvalue weighted by atomic mass is 16.5. The summed E-state index contributed by atoms with van der Waals surface area (Å²) in [5.74, 6) is -0.0500. The highest BCUT2D eigenvalue weighted by Crippen LogP contribution is 2.30. The smallest absolute Gasteiger partial charge is 0.252 e. The predicted octanol–water partition coefficient (Wildman–Crippen LogP) is 0.377. The van der Waals surface area contributed by atoms with Crippen molar-refractivity contribution in [2.75, 3.05) is 43.6 Å². The summed E-state index contributed by atoms with van der Waals surface area (Å²) in [6.07, 6.45) is 1.09. The molecule has 0 fully saturated rings. The molecule has 0 bridgehead atoms. The minimum absolute atomic E-state index is 0.0500. The monoisotopic (exact) mass is 294 g/mol. The largest absolute Gasteiger partial charge is 0.394 e. The number of anilines is 2. The van der Waals surface area contributed by atoms with E-state index < -0.39 is 6.10 Å². The molecule has 1 aliphatic rings. The number of carbonyl (C=O) groups excluding carboxylic acids is 1. The molecule has 1 atom stereocenters. The quantitative estimate of drug-likeness (QED) is 0.706. The van der Waals surface area contributed by atoms with Crippen molar-refractivity contribution in [2.45, 2.75) is 18.9 Å². The van der Waals surface area contributed by atoms with Crippen molar-refractivity contribution in [3.05, 3.63) is 23.8 Å². The number of amides is 1. The summed E-state index contributed by atoms with van der Waals surface area (Å²) < 4.78 is 4.93. The Morgan fingerprint density at radius 3 is 3.05 bits per heavy atom. The van der Waals surface area contributed by atoms with E-state index in [2.05, 4.69) is 5.32 Å². The third kappa shape index (κ3) is 3.93. The van der Waals surface area contributed by atoms with Gasteiger partial charge in [-0.2, -0.15) is 0 Å². The number of ether oxygens (including phenoxy) is 1. The average molecular weight is 294 g/mol. The fourth-order valence-electron chi connectivity index (χ4n) is 2.45. The van der Waals surface area contributed by atoms with Crippen LogP contribution >= 0.6 is 0 Å². The van der Waals surface area contributed by atoms with E-state index in [0.717, 1.165) is 29.8 Å². The molecule has 1 aliphatic heterocycles. The van der Waals surface area contributed by atoms with Gasteiger partial charge in [-0.15, -0.1) is 0 Å². The first-order valence-corrected chi connectivity index (χ1v) is 7.10. The Labute approximate surface area is 124 Å². The van der Waals surface area contributed by atoms with Crippen LogP contribution in [0.25, 0.3) is 0 Å². The number of fused-ring (bicyclic) bond motifs is 1. The Hall–Kier alpha value is -1.63. The highest BCUT2D eigenvalue weighted by molar-refractivity contribution is 5.96. The van der Waals surface area contributed by atoms with Gasteiger partial charge in [0.1, 0.15) is 6.61 Å². The molecule has 6 nitrogen and oxygen atoms in total. The Kier molecular flexibility index (Phi) is 5.55. The number of methoxy groups -OCH3 is 1. The summed E-state index contributed by atoms with van der Waals surface area (Å²) in [6.45, 7) is 0.746. The molecule has 0 radical (unpaired) electrons. The SMILES string of the molecule is COCC(=O)N1CCCc2ccc(NCC(O)CO)cc21. The van der Waals surface area contributed by atoms with Gasteiger partial charge in [-0.05, 0) is 30.5 Å². The van der Waals surface area contributed by atoms with Crippen LogP contribution < -0.4 is 10.2 Å². The van der Waals surface area contributed by atoms with Gasteiger partial charge in [0.05, 0.1) is 12.7 Å². The summed E-state index contributed by atoms with van der Waals surface area (Å²) in [5.41, 5.74) is 2.85. The van der Waals surface area contributed by atoms with Crippen LogP contribution in [-0.2, 0) is 16.0 Å². The molecule has 0 aromatic heterocycles. The van der Waals surface area contributed by atoms with Gasteiger partial charge in [0, 0.05) is 31.6 Å². The lowest BCUT2D eigenvalue weighted by atomic mass is 10.0. The van der Waals surface area contributed by atoms with Crippen LogP contribution in [0.15, 0.2) is 18.2 Å². The van der Waals surface area contributed by atoms with Gasteiger partial charge in [-0.1, -0.05) is 6.07 Å². The minimum atomic E-state index is -0.799. The van der Waals surface area contributed by atoms with E-state index in [1.165, 1.54) is 7.11 Å². The number of nitrogens with one attached hydrogen (secondary N) is 1. The van der Waals surface area contributed by atoms with Crippen LogP contribution in [0.2, 0.25) is 0 Å². The van der Waals surface area contributed by atoms with Crippen molar-refractivity contribution < 1.29 is 19.7 Å². The molecule has 3 N–H and O–H groups in total. The van der Waals surface area contributed by atoms with Crippen LogP contribution in [0.4, 0.5) is 11.4 Å². The topological polar surface area (TPSA) is 82.0 Å². The van der Waals surface area contributed by atoms with E-state index in [-0.39, 0.29) is 25.7 Å². The van der Waals surface area contributed by atoms with Gasteiger partial charge in [0.2, 0.25) is 0 Å². The van der Waals surface area contributed by atoms with E-state index in [1.807, 2.05) is 18.2 Å². The second kappa shape index (κ2) is 7.40. The molecule has 1 aromatic carbocycles. The van der Waals surface area contributed by atoms with Gasteiger partial charge < -0.3 is 25.2 Å². The number of rotatable bonds is 6. The number of aliphatic hydroxyl groups is 2. The molecule has 6 heteroatoms. The maximum absolute atomic E-state index is 12.1. The molecule has 0 spiro atoms. The van der Waals surface area contributed by atoms with Gasteiger partial charge in [0.25, 0.3) is 5.91 Å². The summed E-state index contributed by atoms with van der Waals surface area (Å²) in [5, 5.41) is 21.3. The Balaban J connectivity index is 2.15. The summed E-state index contributed by atoms with van der Waals surface area (Å²) >= 11 is 0. The maximum atomic E-state index is 12.1. The number of hydrogen-bond acceptors (Lipinski definition) is 5. The zero-order valence-electron chi connectivity index (χ0n) is 12.2. The molecule has 0 saturated heterocycles. The first-order chi connectivity index (χ1) is 10.2. The molecule has 1 amide bonds. The number of aliphatic hydroxyl groups excluding tert-OH is 2. The lowest BCUT2D eigenvalue weighted by Gasteiger charge is -2.30. The Morgan fingerprint density at radius 2 is 2.33 bits per heavy atom. The molecular weight excluding hydrogens is 272 g/mol. The lowest BCUT2D eigenvalue weighted by Crippen LogP contribution is -2.37. The van der Waals surface area contributed by atoms with E-state index in [9.17, 15) is 9.90 Å². The van der Waals surface area contributed by atoms with Crippen LogP contribution in [0.1, 0.15) is 12.0 Å². The zero-order chi connectivity index (χ0) is 15.2. The third-order valence-electron chi connectivity index (χ3n) is 3.53. The third-order valence-corrected chi connectivity index (χ3v) is 3.53. The van der Waals surface area contributed by atoms with Gasteiger partial charge >= 0.3 is 0 Å². The molecule has 1 heterocycles. The molecule has 0 saturated carbocycles. The average Bonchev–Trinajstić information content (AvgIpc) is 2.51. The van der Waals surface area contributed by atoms with Crippen LogP contribution in [0.3, 0.4) is 0 Å². The fraction of sp³-hybridized carbons (Fsp3) is 0.533. The summed E-state index contributed by atoms with van der Waals surface area (Å²) in [4.78, 5) is 13.8. The normalized spacial score (nSPS) is 15.5. The van der Waals surface area contributed by atoms with Crippen molar-refractivity contribution in [3.8, 4) is 0 Å². The van der Waals surface area contributed by atoms with Crippen molar-refractivity contribution in [1.82, 2.24) is 0 Å². The summed E-state index contributed by atoms with van der Waals surface area (Å²) in [6, 6.07) is 5.83. The zero-order valence-corrected chi connectivity index (χ0v) is 12.2. The number of aryl methyl sites for hydroxylation is 1. The maximum Gasteiger partial charge on any atom is 0.252 e. The number of benzene rings is 1. The van der Waals surface area contributed by atoms with E-state index >= 15 is 0 Å². The molecule has 1 aromatic rings. The van der Waals surface area contributed by atoms with Crippen molar-refractivity contribution in [2.24, 2.45) is 0 Å². The van der Waals surface area contributed by atoms with E-state index in [1.54, 1.807) is 4.90 Å². The van der Waals surface area contributed by atoms with Crippen molar-refractivity contribution in [3.63, 3.8) is 0 Å². The molecule has 1 unspecified atom stereocenters. The molecule has 21 heavy (non-hydrogen) atoms. The highest BCUT2D eigenvalue weighted by Gasteiger charge is 2.22. The lowest BCUT2D eigenvalue weighted by molar-refractivity contribution is -0.122. The number of hydrogen-bond donors (Lipinski definition) is 3. The fourth-order valence-corrected chi connectivity index (χ4v) is 2.45. The van der Waals surface area contributed by atoms with Crippen molar-refractivity contribution in [1.29, 1.82) is 0 Å². The second-order valence-electron chi connectivity index (χ2n) is 5.14. The molecule has 0 aliphatic carbocycles. The summed E-state index contributed by atoms with van der Waals surface area (Å²) in [7, 11) is 1.51. The van der Waals surface area contributed by atoms with Crippen LogP contribution in [-0.4, -0.2) is 55.6 Å². The van der Waals surface area contributed by atoms with Gasteiger partial charge in [-0.3, -0.25) is 4.79 Å². The Morgan fingerprint density at radius 1 is 1.52 bits per heavy atom. The van der Waals surface area contributed by atoms with Crippen molar-refractivity contribution >= 4 is 17.3 Å². The van der Waals surface area contributed by atoms with Gasteiger partial charge in [0.15, 0.2) is 0 Å². The van der Waals surface area contributed by atoms with Crippen LogP contribution in [0, 0.1) is 0 Å². The Bertz CT molecular complexity index is 493. The molecular formula is C15H22N2O4. The molecule has 116 valence electrons. The first kappa shape index (κ1) is 15.8. The minimum Gasteiger partial charge on any atom is -0.394 e. The number of nitrogens with zero attached hydrogens (tertiary/aromatic N) is 1. The van der Waals surface area contributed by atoms with Crippen LogP contribution in [0.5, 0.6) is 0 Å². The standard InChI is InChI=1S/C15H22N2O4/c1-21-10-15(20)17-6-2-3-11-4-5-12(7-14(11)17)16-8-13(19)9-18/h4-5,7,13,16,18-19H,2-3,6,8-10H2,1H3. The molecule has 2 rings (SSSR count). The van der Waals surface area contributed by atoms with Gasteiger partial charge in [-0.25, -0.2) is 0 Å². The number of carbonyl (C=O) groups is 1. The predicted molar refractivity (Wildman–Crippen MR) is 80.6 cm³/mol. The second-order valence-corrected chi connectivity index (χ2v) is 5.14. The van der Waals surface area contributed by atoms with E-state index in [0.29, 0.717) is 6.54 Å².